The number of carbonyl (C=O) groups is 1. The molecule has 0 atom stereocenters. The second kappa shape index (κ2) is 6.78. The molecule has 4 nitrogen and oxygen atoms in total. The van der Waals surface area contributed by atoms with Gasteiger partial charge in [0, 0.05) is 19.6 Å². The maximum absolute atomic E-state index is 13.1. The van der Waals surface area contributed by atoms with E-state index in [4.69, 9.17) is 16.3 Å². The van der Waals surface area contributed by atoms with E-state index in [-0.39, 0.29) is 28.5 Å². The number of nitrogens with zero attached hydrogens (tertiary/aromatic N) is 2. The van der Waals surface area contributed by atoms with E-state index in [1.54, 1.807) is 0 Å². The van der Waals surface area contributed by atoms with E-state index in [1.165, 1.54) is 18.0 Å². The molecule has 0 aliphatic rings. The van der Waals surface area contributed by atoms with Gasteiger partial charge in [-0.1, -0.05) is 11.6 Å². The molecular formula is C14H13ClF2N2O2. The molecule has 0 saturated heterocycles. The number of carbonyl (C=O) groups excluding carboxylic acids is 1. The molecule has 7 heteroatoms. The van der Waals surface area contributed by atoms with Crippen molar-refractivity contribution in [2.75, 3.05) is 13.7 Å². The van der Waals surface area contributed by atoms with E-state index in [9.17, 15) is 13.6 Å². The zero-order valence-corrected chi connectivity index (χ0v) is 12.0. The summed E-state index contributed by atoms with van der Waals surface area (Å²) in [7, 11) is 1.53. The zero-order valence-electron chi connectivity index (χ0n) is 11.3. The fourth-order valence-corrected chi connectivity index (χ4v) is 2.22. The van der Waals surface area contributed by atoms with Crippen LogP contribution in [0.15, 0.2) is 24.4 Å². The van der Waals surface area contributed by atoms with Crippen LogP contribution in [0, 0.1) is 11.6 Å². The molecule has 1 aromatic heterocycles. The van der Waals surface area contributed by atoms with Crippen molar-refractivity contribution >= 4 is 17.4 Å². The average molecular weight is 315 g/mol. The predicted octanol–water partition coefficient (Wildman–Crippen LogP) is 2.89. The first-order valence-corrected chi connectivity index (χ1v) is 6.57. The van der Waals surface area contributed by atoms with Gasteiger partial charge in [0.2, 0.25) is 0 Å². The molecular weight excluding hydrogens is 302 g/mol. The summed E-state index contributed by atoms with van der Waals surface area (Å²) in [5.74, 6) is -1.81. The Morgan fingerprint density at radius 1 is 1.33 bits per heavy atom. The van der Waals surface area contributed by atoms with Gasteiger partial charge in [0.15, 0.2) is 5.78 Å². The van der Waals surface area contributed by atoms with Crippen LogP contribution in [-0.4, -0.2) is 29.3 Å². The minimum Gasteiger partial charge on any atom is -0.383 e. The van der Waals surface area contributed by atoms with E-state index in [0.29, 0.717) is 13.2 Å². The van der Waals surface area contributed by atoms with Gasteiger partial charge in [-0.3, -0.25) is 9.48 Å². The molecule has 0 bridgehead atoms. The van der Waals surface area contributed by atoms with Crippen molar-refractivity contribution in [2.45, 2.75) is 13.0 Å². The van der Waals surface area contributed by atoms with Crippen LogP contribution in [0.5, 0.6) is 0 Å². The third-order valence-corrected chi connectivity index (χ3v) is 3.13. The van der Waals surface area contributed by atoms with Gasteiger partial charge < -0.3 is 4.74 Å². The summed E-state index contributed by atoms with van der Waals surface area (Å²) >= 11 is 5.95. The molecule has 1 heterocycles. The highest BCUT2D eigenvalue weighted by molar-refractivity contribution is 6.33. The second-order valence-electron chi connectivity index (χ2n) is 4.43. The maximum Gasteiger partial charge on any atom is 0.186 e. The predicted molar refractivity (Wildman–Crippen MR) is 73.5 cm³/mol. The smallest absolute Gasteiger partial charge is 0.186 e. The van der Waals surface area contributed by atoms with Crippen LogP contribution in [0.25, 0.3) is 0 Å². The number of aromatic nitrogens is 2. The van der Waals surface area contributed by atoms with Crippen LogP contribution in [-0.2, 0) is 17.7 Å². The van der Waals surface area contributed by atoms with Gasteiger partial charge in [0.25, 0.3) is 0 Å². The number of hydrogen-bond donors (Lipinski definition) is 0. The Bertz CT molecular complexity index is 638. The van der Waals surface area contributed by atoms with E-state index in [2.05, 4.69) is 5.10 Å². The molecule has 0 radical (unpaired) electrons. The standard InChI is InChI=1S/C14H13ClF2N2O2/c1-21-3-2-19-14(12(15)8-18-19)13(20)6-9-4-10(16)7-11(17)5-9/h4-5,7-8H,2-3,6H2,1H3. The van der Waals surface area contributed by atoms with Gasteiger partial charge in [-0.25, -0.2) is 8.78 Å². The van der Waals surface area contributed by atoms with Crippen molar-refractivity contribution in [1.82, 2.24) is 9.78 Å². The number of methoxy groups -OCH3 is 1. The number of Topliss-reactive ketones (excluding diaryl/α,β-unsaturated/α-hetero) is 1. The zero-order chi connectivity index (χ0) is 15.4. The minimum absolute atomic E-state index is 0.160. The second-order valence-corrected chi connectivity index (χ2v) is 4.84. The monoisotopic (exact) mass is 314 g/mol. The van der Waals surface area contributed by atoms with Gasteiger partial charge in [-0.15, -0.1) is 0 Å². The molecule has 0 unspecified atom stereocenters. The summed E-state index contributed by atoms with van der Waals surface area (Å²) in [5.41, 5.74) is 0.450. The summed E-state index contributed by atoms with van der Waals surface area (Å²) in [4.78, 5) is 12.3. The molecule has 0 aliphatic carbocycles. The highest BCUT2D eigenvalue weighted by atomic mass is 35.5. The highest BCUT2D eigenvalue weighted by Crippen LogP contribution is 2.18. The minimum atomic E-state index is -0.725. The molecule has 0 spiro atoms. The Kier molecular flexibility index (Phi) is 5.03. The van der Waals surface area contributed by atoms with Crippen LogP contribution in [0.2, 0.25) is 5.02 Å². The molecule has 21 heavy (non-hydrogen) atoms. The molecule has 1 aromatic carbocycles. The van der Waals surface area contributed by atoms with Gasteiger partial charge in [-0.2, -0.15) is 5.10 Å². The first kappa shape index (κ1) is 15.6. The maximum atomic E-state index is 13.1. The normalized spacial score (nSPS) is 10.9. The van der Waals surface area contributed by atoms with Crippen molar-refractivity contribution in [3.63, 3.8) is 0 Å². The van der Waals surface area contributed by atoms with E-state index < -0.39 is 11.6 Å². The third-order valence-electron chi connectivity index (χ3n) is 2.85. The van der Waals surface area contributed by atoms with Crippen LogP contribution >= 0.6 is 11.6 Å². The molecule has 0 saturated carbocycles. The number of benzene rings is 1. The summed E-state index contributed by atoms with van der Waals surface area (Å²) < 4.78 is 32.6. The molecule has 112 valence electrons. The number of ether oxygens (including phenoxy) is 1. The number of hydrogen-bond acceptors (Lipinski definition) is 3. The van der Waals surface area contributed by atoms with Gasteiger partial charge in [0.05, 0.1) is 24.4 Å². The summed E-state index contributed by atoms with van der Waals surface area (Å²) in [5, 5.41) is 4.19. The highest BCUT2D eigenvalue weighted by Gasteiger charge is 2.18. The quantitative estimate of drug-likeness (QED) is 0.770. The summed E-state index contributed by atoms with van der Waals surface area (Å²) in [6, 6.07) is 2.99. The lowest BCUT2D eigenvalue weighted by Gasteiger charge is -2.07. The van der Waals surface area contributed by atoms with Crippen LogP contribution in [0.3, 0.4) is 0 Å². The van der Waals surface area contributed by atoms with Gasteiger partial charge >= 0.3 is 0 Å². The molecule has 0 aliphatic heterocycles. The lowest BCUT2D eigenvalue weighted by molar-refractivity contribution is 0.0979. The Balaban J connectivity index is 2.22. The largest absolute Gasteiger partial charge is 0.383 e. The van der Waals surface area contributed by atoms with Crippen molar-refractivity contribution < 1.29 is 18.3 Å². The number of rotatable bonds is 6. The number of ketones is 1. The van der Waals surface area contributed by atoms with E-state index in [0.717, 1.165) is 18.2 Å². The van der Waals surface area contributed by atoms with Crippen molar-refractivity contribution in [1.29, 1.82) is 0 Å². The Labute approximate surface area is 125 Å². The number of halogens is 3. The first-order valence-electron chi connectivity index (χ1n) is 6.19. The SMILES string of the molecule is COCCn1ncc(Cl)c1C(=O)Cc1cc(F)cc(F)c1. The molecule has 0 fully saturated rings. The van der Waals surface area contributed by atoms with Crippen molar-refractivity contribution in [3.05, 3.63) is 52.3 Å². The fourth-order valence-electron chi connectivity index (χ4n) is 1.97. The summed E-state index contributed by atoms with van der Waals surface area (Å²) in [6.07, 6.45) is 1.20. The molecule has 2 aromatic rings. The summed E-state index contributed by atoms with van der Waals surface area (Å²) in [6.45, 7) is 0.731. The Morgan fingerprint density at radius 2 is 2.00 bits per heavy atom. The molecule has 0 amide bonds. The van der Waals surface area contributed by atoms with Gasteiger partial charge in [-0.05, 0) is 17.7 Å². The average Bonchev–Trinajstić information content (AvgIpc) is 2.76. The first-order chi connectivity index (χ1) is 10.0. The topological polar surface area (TPSA) is 44.1 Å². The lowest BCUT2D eigenvalue weighted by atomic mass is 10.1. The lowest BCUT2D eigenvalue weighted by Crippen LogP contribution is -2.15. The Hall–Kier alpha value is -1.79. The molecule has 0 N–H and O–H groups in total. The fraction of sp³-hybridized carbons (Fsp3) is 0.286. The molecule has 2 rings (SSSR count). The Morgan fingerprint density at radius 3 is 2.62 bits per heavy atom. The third kappa shape index (κ3) is 3.86. The van der Waals surface area contributed by atoms with Crippen LogP contribution in [0.4, 0.5) is 8.78 Å². The van der Waals surface area contributed by atoms with E-state index >= 15 is 0 Å². The van der Waals surface area contributed by atoms with Crippen LogP contribution < -0.4 is 0 Å². The van der Waals surface area contributed by atoms with Crippen molar-refractivity contribution in [3.8, 4) is 0 Å². The van der Waals surface area contributed by atoms with E-state index in [1.807, 2.05) is 0 Å². The van der Waals surface area contributed by atoms with Crippen LogP contribution in [0.1, 0.15) is 16.1 Å². The van der Waals surface area contributed by atoms with Crippen molar-refractivity contribution in [2.24, 2.45) is 0 Å². The van der Waals surface area contributed by atoms with Gasteiger partial charge in [0.1, 0.15) is 17.3 Å².